The van der Waals surface area contributed by atoms with Crippen molar-refractivity contribution < 1.29 is 4.79 Å². The Labute approximate surface area is 181 Å². The summed E-state index contributed by atoms with van der Waals surface area (Å²) in [7, 11) is 0. The lowest BCUT2D eigenvalue weighted by molar-refractivity contribution is 0.0956. The van der Waals surface area contributed by atoms with Crippen LogP contribution < -0.4 is 5.43 Å². The molecule has 0 aliphatic heterocycles. The number of aromatic nitrogens is 2. The molecule has 0 saturated carbocycles. The number of fused-ring (bicyclic) bond motifs is 1. The number of carbonyl (C=O) groups excluding carboxylic acids is 1. The number of rotatable bonds is 6. The molecule has 4 rings (SSSR count). The van der Waals surface area contributed by atoms with E-state index in [0.29, 0.717) is 11.5 Å². The number of pyridine rings is 2. The minimum Gasteiger partial charge on any atom is -0.267 e. The van der Waals surface area contributed by atoms with Gasteiger partial charge in [-0.3, -0.25) is 9.78 Å². The highest BCUT2D eigenvalue weighted by Gasteiger charge is 2.14. The van der Waals surface area contributed by atoms with Crippen LogP contribution in [0, 0.1) is 0 Å². The minimum absolute atomic E-state index is 0.281. The fourth-order valence-corrected chi connectivity index (χ4v) is 3.41. The maximum Gasteiger partial charge on any atom is 0.272 e. The molecule has 1 atom stereocenters. The van der Waals surface area contributed by atoms with Gasteiger partial charge in [-0.2, -0.15) is 5.10 Å². The van der Waals surface area contributed by atoms with Crippen LogP contribution in [-0.2, 0) is 0 Å². The van der Waals surface area contributed by atoms with E-state index in [2.05, 4.69) is 53.6 Å². The third-order valence-electron chi connectivity index (χ3n) is 5.41. The normalized spacial score (nSPS) is 12.2. The van der Waals surface area contributed by atoms with Gasteiger partial charge in [-0.1, -0.05) is 62.4 Å². The number of amides is 1. The highest BCUT2D eigenvalue weighted by atomic mass is 16.2. The van der Waals surface area contributed by atoms with Crippen LogP contribution in [0.3, 0.4) is 0 Å². The van der Waals surface area contributed by atoms with Gasteiger partial charge in [-0.05, 0) is 36.1 Å². The average molecular weight is 409 g/mol. The van der Waals surface area contributed by atoms with Crippen LogP contribution in [0.5, 0.6) is 0 Å². The second kappa shape index (κ2) is 9.30. The summed E-state index contributed by atoms with van der Waals surface area (Å²) in [6.45, 7) is 4.41. The molecule has 5 nitrogen and oxygen atoms in total. The number of nitrogens with zero attached hydrogens (tertiary/aromatic N) is 3. The van der Waals surface area contributed by atoms with Crippen LogP contribution in [-0.4, -0.2) is 22.1 Å². The number of carbonyl (C=O) groups is 1. The van der Waals surface area contributed by atoms with E-state index < -0.39 is 0 Å². The first-order valence-electron chi connectivity index (χ1n) is 10.4. The van der Waals surface area contributed by atoms with E-state index >= 15 is 0 Å². The molecular formula is C26H24N4O. The zero-order valence-corrected chi connectivity index (χ0v) is 17.6. The lowest BCUT2D eigenvalue weighted by atomic mass is 9.96. The van der Waals surface area contributed by atoms with Crippen molar-refractivity contribution >= 4 is 23.0 Å². The molecule has 0 radical (unpaired) electrons. The SMILES string of the molecule is CC[C@H](C)c1ccc(-c2cc(C(=O)NN=Cc3cccnc3)c3ccccc3n2)cc1. The van der Waals surface area contributed by atoms with Crippen molar-refractivity contribution in [1.82, 2.24) is 15.4 Å². The van der Waals surface area contributed by atoms with E-state index in [4.69, 9.17) is 4.98 Å². The first-order chi connectivity index (χ1) is 15.2. The summed E-state index contributed by atoms with van der Waals surface area (Å²) in [5, 5.41) is 4.87. The molecule has 1 N–H and O–H groups in total. The highest BCUT2D eigenvalue weighted by Crippen LogP contribution is 2.27. The lowest BCUT2D eigenvalue weighted by Gasteiger charge is -2.11. The number of hydrogen-bond acceptors (Lipinski definition) is 4. The van der Waals surface area contributed by atoms with Crippen molar-refractivity contribution in [3.05, 3.63) is 95.8 Å². The van der Waals surface area contributed by atoms with Crippen molar-refractivity contribution in [2.75, 3.05) is 0 Å². The van der Waals surface area contributed by atoms with Gasteiger partial charge in [0.2, 0.25) is 0 Å². The fraction of sp³-hybridized carbons (Fsp3) is 0.154. The van der Waals surface area contributed by atoms with Gasteiger partial charge in [0.15, 0.2) is 0 Å². The predicted octanol–water partition coefficient (Wildman–Crippen LogP) is 5.57. The molecule has 0 bridgehead atoms. The third kappa shape index (κ3) is 4.67. The quantitative estimate of drug-likeness (QED) is 0.335. The highest BCUT2D eigenvalue weighted by molar-refractivity contribution is 6.07. The van der Waals surface area contributed by atoms with E-state index in [1.807, 2.05) is 42.5 Å². The molecule has 0 aliphatic rings. The average Bonchev–Trinajstić information content (AvgIpc) is 2.83. The van der Waals surface area contributed by atoms with Gasteiger partial charge >= 0.3 is 0 Å². The summed E-state index contributed by atoms with van der Waals surface area (Å²) in [6.07, 6.45) is 6.04. The minimum atomic E-state index is -0.281. The maximum absolute atomic E-state index is 12.9. The lowest BCUT2D eigenvalue weighted by Crippen LogP contribution is -2.18. The fourth-order valence-electron chi connectivity index (χ4n) is 3.41. The van der Waals surface area contributed by atoms with Gasteiger partial charge in [-0.15, -0.1) is 0 Å². The van der Waals surface area contributed by atoms with E-state index in [9.17, 15) is 4.79 Å². The molecule has 2 aromatic carbocycles. The Morgan fingerprint density at radius 2 is 1.90 bits per heavy atom. The Morgan fingerprint density at radius 1 is 1.10 bits per heavy atom. The summed E-state index contributed by atoms with van der Waals surface area (Å²) >= 11 is 0. The summed E-state index contributed by atoms with van der Waals surface area (Å²) in [6, 6.07) is 21.6. The number of hydrogen-bond donors (Lipinski definition) is 1. The molecule has 0 saturated heterocycles. The van der Waals surface area contributed by atoms with Crippen molar-refractivity contribution in [3.8, 4) is 11.3 Å². The van der Waals surface area contributed by atoms with E-state index in [0.717, 1.165) is 34.1 Å². The maximum atomic E-state index is 12.9. The molecule has 154 valence electrons. The number of para-hydroxylation sites is 1. The zero-order valence-electron chi connectivity index (χ0n) is 17.6. The molecule has 0 spiro atoms. The molecule has 2 aromatic heterocycles. The summed E-state index contributed by atoms with van der Waals surface area (Å²) in [4.78, 5) is 21.8. The van der Waals surface area contributed by atoms with Gasteiger partial charge in [0.05, 0.1) is 23.0 Å². The Morgan fingerprint density at radius 3 is 2.65 bits per heavy atom. The van der Waals surface area contributed by atoms with Gasteiger partial charge in [0.1, 0.15) is 0 Å². The summed E-state index contributed by atoms with van der Waals surface area (Å²) in [5.41, 5.74) is 7.78. The Hall–Kier alpha value is -3.86. The molecular weight excluding hydrogens is 384 g/mol. The van der Waals surface area contributed by atoms with Crippen molar-refractivity contribution in [1.29, 1.82) is 0 Å². The van der Waals surface area contributed by atoms with Crippen molar-refractivity contribution in [3.63, 3.8) is 0 Å². The molecule has 0 fully saturated rings. The van der Waals surface area contributed by atoms with Gasteiger partial charge < -0.3 is 0 Å². The standard InChI is InChI=1S/C26H24N4O/c1-3-18(2)20-10-12-21(13-11-20)25-15-23(22-8-4-5-9-24(22)29-25)26(31)30-28-17-19-7-6-14-27-16-19/h4-18H,3H2,1-2H3,(H,30,31)/t18-/m0/s1. The number of nitrogens with one attached hydrogen (secondary N) is 1. The number of benzene rings is 2. The second-order valence-electron chi connectivity index (χ2n) is 7.49. The largest absolute Gasteiger partial charge is 0.272 e. The molecule has 0 unspecified atom stereocenters. The number of hydrazone groups is 1. The van der Waals surface area contributed by atoms with Crippen LogP contribution in [0.4, 0.5) is 0 Å². The van der Waals surface area contributed by atoms with Crippen LogP contribution in [0.2, 0.25) is 0 Å². The van der Waals surface area contributed by atoms with E-state index in [1.165, 1.54) is 5.56 Å². The first kappa shape index (κ1) is 20.4. The Kier molecular flexibility index (Phi) is 6.13. The summed E-state index contributed by atoms with van der Waals surface area (Å²) < 4.78 is 0. The topological polar surface area (TPSA) is 67.2 Å². The van der Waals surface area contributed by atoms with Gasteiger partial charge in [0, 0.05) is 28.9 Å². The van der Waals surface area contributed by atoms with Crippen LogP contribution in [0.15, 0.2) is 84.2 Å². The zero-order chi connectivity index (χ0) is 21.6. The van der Waals surface area contributed by atoms with E-state index in [1.54, 1.807) is 18.6 Å². The molecule has 4 aromatic rings. The summed E-state index contributed by atoms with van der Waals surface area (Å²) in [5.74, 6) is 0.230. The predicted molar refractivity (Wildman–Crippen MR) is 125 cm³/mol. The van der Waals surface area contributed by atoms with Crippen LogP contribution >= 0.6 is 0 Å². The molecule has 0 aliphatic carbocycles. The van der Waals surface area contributed by atoms with Crippen molar-refractivity contribution in [2.45, 2.75) is 26.2 Å². The molecule has 31 heavy (non-hydrogen) atoms. The van der Waals surface area contributed by atoms with Gasteiger partial charge in [0.25, 0.3) is 5.91 Å². The van der Waals surface area contributed by atoms with Gasteiger partial charge in [-0.25, -0.2) is 10.4 Å². The van der Waals surface area contributed by atoms with Crippen LogP contribution in [0.1, 0.15) is 47.7 Å². The third-order valence-corrected chi connectivity index (χ3v) is 5.41. The Bertz CT molecular complexity index is 1220. The molecule has 1 amide bonds. The second-order valence-corrected chi connectivity index (χ2v) is 7.49. The Balaban J connectivity index is 1.66. The smallest absolute Gasteiger partial charge is 0.267 e. The molecule has 5 heteroatoms. The van der Waals surface area contributed by atoms with Crippen molar-refractivity contribution in [2.24, 2.45) is 5.10 Å². The monoisotopic (exact) mass is 408 g/mol. The molecule has 2 heterocycles. The van der Waals surface area contributed by atoms with Crippen LogP contribution in [0.25, 0.3) is 22.2 Å². The first-order valence-corrected chi connectivity index (χ1v) is 10.4. The van der Waals surface area contributed by atoms with E-state index in [-0.39, 0.29) is 5.91 Å².